The molecule has 0 fully saturated rings. The number of hydrogen-bond acceptors (Lipinski definition) is 5. The van der Waals surface area contributed by atoms with Crippen LogP contribution in [0.4, 0.5) is 0 Å². The Kier molecular flexibility index (Phi) is 5.54. The predicted octanol–water partition coefficient (Wildman–Crippen LogP) is 1.95. The van der Waals surface area contributed by atoms with Crippen molar-refractivity contribution in [1.29, 1.82) is 0 Å². The van der Waals surface area contributed by atoms with Crippen molar-refractivity contribution in [3.63, 3.8) is 0 Å². The molecule has 0 unspecified atom stereocenters. The molecule has 28 heavy (non-hydrogen) atoms. The third-order valence-electron chi connectivity index (χ3n) is 4.42. The minimum atomic E-state index is -0.866. The molecule has 1 aliphatic heterocycles. The highest BCUT2D eigenvalue weighted by Crippen LogP contribution is 2.21. The quantitative estimate of drug-likeness (QED) is 0.611. The zero-order chi connectivity index (χ0) is 20.3. The van der Waals surface area contributed by atoms with Gasteiger partial charge in [0.25, 0.3) is 17.7 Å². The second-order valence-electron chi connectivity index (χ2n) is 6.54. The lowest BCUT2D eigenvalue weighted by Crippen LogP contribution is -2.41. The summed E-state index contributed by atoms with van der Waals surface area (Å²) in [5, 5.41) is 2.57. The molecule has 7 nitrogen and oxygen atoms in total. The van der Waals surface area contributed by atoms with E-state index < -0.39 is 23.8 Å². The van der Waals surface area contributed by atoms with E-state index in [0.717, 1.165) is 10.5 Å². The van der Waals surface area contributed by atoms with Gasteiger partial charge in [-0.1, -0.05) is 29.8 Å². The summed E-state index contributed by atoms with van der Waals surface area (Å²) in [7, 11) is 0. The van der Waals surface area contributed by atoms with Gasteiger partial charge in [0, 0.05) is 5.56 Å². The number of ether oxygens (including phenoxy) is 1. The Hall–Kier alpha value is -3.48. The van der Waals surface area contributed by atoms with Gasteiger partial charge in [-0.25, -0.2) is 4.79 Å². The molecule has 0 saturated carbocycles. The SMILES string of the molecule is Cc1cccc(C(=O)N[C@@H](C)C(=O)OCCN2C(=O)c3ccccc3C2=O)c1. The molecule has 0 aromatic heterocycles. The lowest BCUT2D eigenvalue weighted by Gasteiger charge is -2.16. The summed E-state index contributed by atoms with van der Waals surface area (Å²) in [4.78, 5) is 49.9. The fraction of sp³-hybridized carbons (Fsp3) is 0.238. The highest BCUT2D eigenvalue weighted by atomic mass is 16.5. The fourth-order valence-corrected chi connectivity index (χ4v) is 2.93. The maximum atomic E-state index is 12.3. The predicted molar refractivity (Wildman–Crippen MR) is 101 cm³/mol. The second-order valence-corrected chi connectivity index (χ2v) is 6.54. The van der Waals surface area contributed by atoms with Crippen LogP contribution >= 0.6 is 0 Å². The van der Waals surface area contributed by atoms with E-state index in [-0.39, 0.29) is 19.1 Å². The zero-order valence-corrected chi connectivity index (χ0v) is 15.6. The standard InChI is InChI=1S/C21H20N2O5/c1-13-6-5-7-15(12-13)18(24)22-14(2)21(27)28-11-10-23-19(25)16-8-3-4-9-17(16)20(23)26/h3-9,12,14H,10-11H2,1-2H3,(H,22,24)/t14-/m0/s1. The van der Waals surface area contributed by atoms with Crippen molar-refractivity contribution in [2.75, 3.05) is 13.2 Å². The summed E-state index contributed by atoms with van der Waals surface area (Å²) in [6.45, 7) is 3.19. The van der Waals surface area contributed by atoms with Gasteiger partial charge in [0.15, 0.2) is 0 Å². The third kappa shape index (κ3) is 3.93. The molecule has 1 heterocycles. The number of esters is 1. The largest absolute Gasteiger partial charge is 0.462 e. The number of benzene rings is 2. The van der Waals surface area contributed by atoms with Gasteiger partial charge >= 0.3 is 5.97 Å². The maximum Gasteiger partial charge on any atom is 0.328 e. The summed E-state index contributed by atoms with van der Waals surface area (Å²) in [6.07, 6.45) is 0. The Morgan fingerprint density at radius 3 is 2.29 bits per heavy atom. The third-order valence-corrected chi connectivity index (χ3v) is 4.42. The van der Waals surface area contributed by atoms with Crippen molar-refractivity contribution < 1.29 is 23.9 Å². The Balaban J connectivity index is 1.50. The average molecular weight is 380 g/mol. The maximum absolute atomic E-state index is 12.3. The number of hydrogen-bond donors (Lipinski definition) is 1. The summed E-state index contributed by atoms with van der Waals surface area (Å²) < 4.78 is 5.12. The van der Waals surface area contributed by atoms with Crippen LogP contribution < -0.4 is 5.32 Å². The zero-order valence-electron chi connectivity index (χ0n) is 15.6. The first-order valence-electron chi connectivity index (χ1n) is 8.88. The topological polar surface area (TPSA) is 92.8 Å². The van der Waals surface area contributed by atoms with Crippen LogP contribution in [0.15, 0.2) is 48.5 Å². The molecule has 3 rings (SSSR count). The van der Waals surface area contributed by atoms with E-state index in [9.17, 15) is 19.2 Å². The van der Waals surface area contributed by atoms with E-state index in [1.165, 1.54) is 6.92 Å². The van der Waals surface area contributed by atoms with E-state index in [2.05, 4.69) is 5.32 Å². The highest BCUT2D eigenvalue weighted by Gasteiger charge is 2.35. The van der Waals surface area contributed by atoms with Crippen LogP contribution in [0.1, 0.15) is 43.6 Å². The summed E-state index contributed by atoms with van der Waals surface area (Å²) in [5.41, 5.74) is 2.07. The molecule has 0 saturated heterocycles. The number of imide groups is 1. The van der Waals surface area contributed by atoms with Crippen LogP contribution in [0.2, 0.25) is 0 Å². The van der Waals surface area contributed by atoms with Gasteiger partial charge in [-0.2, -0.15) is 0 Å². The Bertz CT molecular complexity index is 918. The molecule has 7 heteroatoms. The number of carbonyl (C=O) groups excluding carboxylic acids is 4. The molecule has 0 aliphatic carbocycles. The first kappa shape index (κ1) is 19.3. The molecule has 2 aromatic rings. The van der Waals surface area contributed by atoms with Crippen molar-refractivity contribution >= 4 is 23.7 Å². The van der Waals surface area contributed by atoms with Crippen LogP contribution in [-0.2, 0) is 9.53 Å². The molecule has 1 atom stereocenters. The molecule has 3 amide bonds. The minimum absolute atomic E-state index is 0.0450. The van der Waals surface area contributed by atoms with Gasteiger partial charge in [0.2, 0.25) is 0 Å². The van der Waals surface area contributed by atoms with Gasteiger partial charge in [-0.05, 0) is 38.1 Å². The number of nitrogens with one attached hydrogen (secondary N) is 1. The van der Waals surface area contributed by atoms with Crippen LogP contribution in [0.25, 0.3) is 0 Å². The van der Waals surface area contributed by atoms with E-state index >= 15 is 0 Å². The molecule has 0 bridgehead atoms. The summed E-state index contributed by atoms with van der Waals surface area (Å²) >= 11 is 0. The average Bonchev–Trinajstić information content (AvgIpc) is 2.93. The van der Waals surface area contributed by atoms with E-state index in [4.69, 9.17) is 4.74 Å². The molecule has 1 aliphatic rings. The van der Waals surface area contributed by atoms with Crippen LogP contribution in [0.5, 0.6) is 0 Å². The number of carbonyl (C=O) groups is 4. The number of nitrogens with zero attached hydrogens (tertiary/aromatic N) is 1. The Morgan fingerprint density at radius 2 is 1.68 bits per heavy atom. The highest BCUT2D eigenvalue weighted by molar-refractivity contribution is 6.21. The van der Waals surface area contributed by atoms with E-state index in [1.807, 2.05) is 13.0 Å². The monoisotopic (exact) mass is 380 g/mol. The number of amides is 3. The normalized spacial score (nSPS) is 13.9. The molecular weight excluding hydrogens is 360 g/mol. The van der Waals surface area contributed by atoms with Gasteiger partial charge in [0.1, 0.15) is 12.6 Å². The summed E-state index contributed by atoms with van der Waals surface area (Å²) in [5.74, 6) is -1.83. The van der Waals surface area contributed by atoms with Crippen LogP contribution in [0.3, 0.4) is 0 Å². The molecule has 0 radical (unpaired) electrons. The first-order valence-corrected chi connectivity index (χ1v) is 8.88. The molecule has 0 spiro atoms. The fourth-order valence-electron chi connectivity index (χ4n) is 2.93. The van der Waals surface area contributed by atoms with Crippen molar-refractivity contribution in [3.8, 4) is 0 Å². The first-order chi connectivity index (χ1) is 13.4. The smallest absolute Gasteiger partial charge is 0.328 e. The van der Waals surface area contributed by atoms with Crippen molar-refractivity contribution in [2.24, 2.45) is 0 Å². The van der Waals surface area contributed by atoms with Crippen LogP contribution in [-0.4, -0.2) is 47.8 Å². The van der Waals surface area contributed by atoms with Crippen molar-refractivity contribution in [1.82, 2.24) is 10.2 Å². The second kappa shape index (κ2) is 8.04. The molecule has 144 valence electrons. The molecule has 1 N–H and O–H groups in total. The van der Waals surface area contributed by atoms with Crippen molar-refractivity contribution in [2.45, 2.75) is 19.9 Å². The van der Waals surface area contributed by atoms with E-state index in [0.29, 0.717) is 16.7 Å². The Labute approximate surface area is 162 Å². The Morgan fingerprint density at radius 1 is 1.04 bits per heavy atom. The van der Waals surface area contributed by atoms with Gasteiger partial charge < -0.3 is 10.1 Å². The minimum Gasteiger partial charge on any atom is -0.462 e. The van der Waals surface area contributed by atoms with Gasteiger partial charge in [-0.15, -0.1) is 0 Å². The lowest BCUT2D eigenvalue weighted by molar-refractivity contribution is -0.145. The van der Waals surface area contributed by atoms with Crippen molar-refractivity contribution in [3.05, 3.63) is 70.8 Å². The van der Waals surface area contributed by atoms with E-state index in [1.54, 1.807) is 42.5 Å². The van der Waals surface area contributed by atoms with Gasteiger partial charge in [0.05, 0.1) is 17.7 Å². The number of aryl methyl sites for hydroxylation is 1. The van der Waals surface area contributed by atoms with Crippen LogP contribution in [0, 0.1) is 6.92 Å². The number of rotatable bonds is 6. The number of fused-ring (bicyclic) bond motifs is 1. The summed E-state index contributed by atoms with van der Waals surface area (Å²) in [6, 6.07) is 12.7. The van der Waals surface area contributed by atoms with Gasteiger partial charge in [-0.3, -0.25) is 19.3 Å². The molecular formula is C21H20N2O5. The lowest BCUT2D eigenvalue weighted by atomic mass is 10.1. The molecule has 2 aromatic carbocycles.